The number of H-pyrrole nitrogens is 1. The maximum absolute atomic E-state index is 10.3. The Hall–Kier alpha value is -1.69. The third-order valence-corrected chi connectivity index (χ3v) is 4.73. The van der Waals surface area contributed by atoms with Crippen molar-refractivity contribution >= 4 is 39.2 Å². The van der Waals surface area contributed by atoms with Crippen molar-refractivity contribution in [3.8, 4) is 11.5 Å². The molecule has 4 N–H and O–H groups in total. The largest absolute Gasteiger partial charge is 0.508 e. The van der Waals surface area contributed by atoms with Gasteiger partial charge in [0, 0.05) is 33.2 Å². The van der Waals surface area contributed by atoms with Gasteiger partial charge in [0.2, 0.25) is 0 Å². The lowest BCUT2D eigenvalue weighted by Gasteiger charge is -2.25. The summed E-state index contributed by atoms with van der Waals surface area (Å²) in [7, 11) is 0. The number of benzene rings is 2. The summed E-state index contributed by atoms with van der Waals surface area (Å²) in [6.45, 7) is 0.829. The van der Waals surface area contributed by atoms with E-state index in [4.69, 9.17) is 0 Å². The third kappa shape index (κ3) is 2.69. The van der Waals surface area contributed by atoms with Crippen LogP contribution in [0.15, 0.2) is 40.9 Å². The molecule has 0 saturated heterocycles. The standard InChI is InChI=1S/C17H15BrN2O2.ClH/c18-9-1-3-12(15(22)7-9)16-17-11(5-6-19-16)13-8-10(21)2-4-14(13)20-17;/h1-4,7-8,16,19-22H,5-6H2;1H. The second-order valence-electron chi connectivity index (χ2n) is 5.59. The Morgan fingerprint density at radius 2 is 1.91 bits per heavy atom. The molecule has 0 radical (unpaired) electrons. The summed E-state index contributed by atoms with van der Waals surface area (Å²) >= 11 is 3.37. The van der Waals surface area contributed by atoms with Gasteiger partial charge >= 0.3 is 0 Å². The zero-order valence-corrected chi connectivity index (χ0v) is 14.5. The third-order valence-electron chi connectivity index (χ3n) is 4.24. The van der Waals surface area contributed by atoms with Crippen molar-refractivity contribution in [2.75, 3.05) is 6.54 Å². The van der Waals surface area contributed by atoms with E-state index in [1.807, 2.05) is 18.2 Å². The van der Waals surface area contributed by atoms with Gasteiger partial charge in [0.15, 0.2) is 0 Å². The smallest absolute Gasteiger partial charge is 0.121 e. The second-order valence-corrected chi connectivity index (χ2v) is 6.50. The van der Waals surface area contributed by atoms with Crippen LogP contribution in [-0.4, -0.2) is 21.7 Å². The molecule has 2 aromatic carbocycles. The van der Waals surface area contributed by atoms with Gasteiger partial charge < -0.3 is 20.5 Å². The van der Waals surface area contributed by atoms with Gasteiger partial charge in [-0.05, 0) is 42.3 Å². The van der Waals surface area contributed by atoms with E-state index < -0.39 is 0 Å². The summed E-state index contributed by atoms with van der Waals surface area (Å²) in [6, 6.07) is 10.9. The number of aromatic hydroxyl groups is 2. The number of aromatic nitrogens is 1. The quantitative estimate of drug-likeness (QED) is 0.503. The van der Waals surface area contributed by atoms with Gasteiger partial charge in [-0.15, -0.1) is 12.4 Å². The summed E-state index contributed by atoms with van der Waals surface area (Å²) in [5, 5.41) is 24.5. The molecule has 0 saturated carbocycles. The van der Waals surface area contributed by atoms with Gasteiger partial charge in [-0.2, -0.15) is 0 Å². The van der Waals surface area contributed by atoms with Crippen LogP contribution >= 0.6 is 28.3 Å². The number of aromatic amines is 1. The number of nitrogens with one attached hydrogen (secondary N) is 2. The van der Waals surface area contributed by atoms with E-state index in [9.17, 15) is 10.2 Å². The molecule has 3 aromatic rings. The summed E-state index contributed by atoms with van der Waals surface area (Å²) in [5.41, 5.74) is 4.12. The Morgan fingerprint density at radius 1 is 1.09 bits per heavy atom. The van der Waals surface area contributed by atoms with Crippen LogP contribution in [0.4, 0.5) is 0 Å². The number of fused-ring (bicyclic) bond motifs is 3. The van der Waals surface area contributed by atoms with Crippen LogP contribution in [0.5, 0.6) is 11.5 Å². The lowest BCUT2D eigenvalue weighted by molar-refractivity contribution is 0.452. The number of rotatable bonds is 1. The highest BCUT2D eigenvalue weighted by Gasteiger charge is 2.27. The van der Waals surface area contributed by atoms with E-state index in [2.05, 4.69) is 26.2 Å². The Morgan fingerprint density at radius 3 is 2.70 bits per heavy atom. The number of phenolic OH excluding ortho intramolecular Hbond substituents is 2. The van der Waals surface area contributed by atoms with Gasteiger partial charge in [-0.25, -0.2) is 0 Å². The molecule has 2 heterocycles. The maximum Gasteiger partial charge on any atom is 0.121 e. The molecule has 23 heavy (non-hydrogen) atoms. The fourth-order valence-electron chi connectivity index (χ4n) is 3.24. The van der Waals surface area contributed by atoms with Crippen LogP contribution in [-0.2, 0) is 6.42 Å². The molecular formula is C17H16BrClN2O2. The Labute approximate surface area is 148 Å². The fraction of sp³-hybridized carbons (Fsp3) is 0.176. The molecule has 0 amide bonds. The monoisotopic (exact) mass is 394 g/mol. The van der Waals surface area contributed by atoms with Gasteiger partial charge in [0.25, 0.3) is 0 Å². The van der Waals surface area contributed by atoms with Gasteiger partial charge in [-0.3, -0.25) is 0 Å². The van der Waals surface area contributed by atoms with Gasteiger partial charge in [0.05, 0.1) is 6.04 Å². The van der Waals surface area contributed by atoms with Crippen molar-refractivity contribution in [3.63, 3.8) is 0 Å². The molecule has 0 bridgehead atoms. The molecular weight excluding hydrogens is 380 g/mol. The van der Waals surface area contributed by atoms with Crippen LogP contribution < -0.4 is 5.32 Å². The van der Waals surface area contributed by atoms with E-state index in [1.165, 1.54) is 5.56 Å². The van der Waals surface area contributed by atoms with E-state index in [0.29, 0.717) is 0 Å². The van der Waals surface area contributed by atoms with Crippen LogP contribution in [0, 0.1) is 0 Å². The van der Waals surface area contributed by atoms with E-state index in [1.54, 1.807) is 18.2 Å². The Kier molecular flexibility index (Phi) is 4.27. The average molecular weight is 396 g/mol. The lowest BCUT2D eigenvalue weighted by atomic mass is 9.94. The Bertz CT molecular complexity index is 878. The van der Waals surface area contributed by atoms with E-state index >= 15 is 0 Å². The van der Waals surface area contributed by atoms with Gasteiger partial charge in [0.1, 0.15) is 11.5 Å². The number of phenols is 2. The lowest BCUT2D eigenvalue weighted by Crippen LogP contribution is -2.30. The van der Waals surface area contributed by atoms with E-state index in [-0.39, 0.29) is 29.9 Å². The maximum atomic E-state index is 10.3. The van der Waals surface area contributed by atoms with Crippen LogP contribution in [0.2, 0.25) is 0 Å². The van der Waals surface area contributed by atoms with Crippen molar-refractivity contribution < 1.29 is 10.2 Å². The first-order valence-corrected chi connectivity index (χ1v) is 7.98. The fourth-order valence-corrected chi connectivity index (χ4v) is 3.59. The molecule has 4 rings (SSSR count). The predicted octanol–water partition coefficient (Wildman–Crippen LogP) is 4.00. The van der Waals surface area contributed by atoms with Crippen LogP contribution in [0.25, 0.3) is 10.9 Å². The molecule has 1 unspecified atom stereocenters. The highest BCUT2D eigenvalue weighted by atomic mass is 79.9. The van der Waals surface area contributed by atoms with Crippen LogP contribution in [0.3, 0.4) is 0 Å². The normalized spacial score (nSPS) is 16.8. The molecule has 1 atom stereocenters. The minimum Gasteiger partial charge on any atom is -0.508 e. The molecule has 120 valence electrons. The minimum atomic E-state index is -0.0774. The highest BCUT2D eigenvalue weighted by molar-refractivity contribution is 9.10. The summed E-state index contributed by atoms with van der Waals surface area (Å²) in [5.74, 6) is 0.539. The van der Waals surface area contributed by atoms with Crippen molar-refractivity contribution in [2.45, 2.75) is 12.5 Å². The molecule has 1 aliphatic heterocycles. The summed E-state index contributed by atoms with van der Waals surface area (Å²) in [4.78, 5) is 3.44. The molecule has 0 spiro atoms. The SMILES string of the molecule is Cl.Oc1ccc2[nH]c3c(c2c1)CCNC3c1ccc(Br)cc1O. The van der Waals surface area contributed by atoms with Crippen molar-refractivity contribution in [3.05, 3.63) is 57.7 Å². The average Bonchev–Trinajstić information content (AvgIpc) is 2.85. The van der Waals surface area contributed by atoms with Gasteiger partial charge in [-0.1, -0.05) is 22.0 Å². The minimum absolute atomic E-state index is 0. The summed E-state index contributed by atoms with van der Waals surface area (Å²) < 4.78 is 0.853. The van der Waals surface area contributed by atoms with Crippen molar-refractivity contribution in [1.29, 1.82) is 0 Å². The molecule has 0 aliphatic carbocycles. The second kappa shape index (κ2) is 6.07. The summed E-state index contributed by atoms with van der Waals surface area (Å²) in [6.07, 6.45) is 0.895. The molecule has 4 nitrogen and oxygen atoms in total. The molecule has 1 aliphatic rings. The number of hydrogen-bond acceptors (Lipinski definition) is 3. The molecule has 1 aromatic heterocycles. The molecule has 6 heteroatoms. The van der Waals surface area contributed by atoms with Crippen molar-refractivity contribution in [2.24, 2.45) is 0 Å². The Balaban J connectivity index is 0.00000156. The first kappa shape index (κ1) is 16.2. The van der Waals surface area contributed by atoms with E-state index in [0.717, 1.165) is 39.6 Å². The van der Waals surface area contributed by atoms with Crippen molar-refractivity contribution in [1.82, 2.24) is 10.3 Å². The number of halogens is 2. The first-order valence-electron chi connectivity index (χ1n) is 7.19. The number of hydrogen-bond donors (Lipinski definition) is 4. The highest BCUT2D eigenvalue weighted by Crippen LogP contribution is 2.38. The topological polar surface area (TPSA) is 68.3 Å². The predicted molar refractivity (Wildman–Crippen MR) is 96.6 cm³/mol. The van der Waals surface area contributed by atoms with Crippen LogP contribution in [0.1, 0.15) is 22.9 Å². The zero-order valence-electron chi connectivity index (χ0n) is 12.1. The molecule has 0 fully saturated rings. The zero-order chi connectivity index (χ0) is 15.3. The first-order chi connectivity index (χ1) is 10.6.